The summed E-state index contributed by atoms with van der Waals surface area (Å²) in [5.74, 6) is 1.21. The van der Waals surface area contributed by atoms with Crippen LogP contribution < -0.4 is 15.0 Å². The number of aromatic amines is 1. The maximum Gasteiger partial charge on any atom is 0.259 e. The molecule has 0 spiro atoms. The minimum absolute atomic E-state index is 0.0749. The number of hydrogen-bond donors (Lipinski definition) is 1. The van der Waals surface area contributed by atoms with E-state index in [0.717, 1.165) is 5.56 Å². The Morgan fingerprint density at radius 3 is 2.88 bits per heavy atom. The van der Waals surface area contributed by atoms with Crippen LogP contribution in [0, 0.1) is 11.3 Å². The molecule has 0 aliphatic rings. The summed E-state index contributed by atoms with van der Waals surface area (Å²) in [6.07, 6.45) is 1.66. The van der Waals surface area contributed by atoms with Gasteiger partial charge in [0, 0.05) is 0 Å². The van der Waals surface area contributed by atoms with Gasteiger partial charge in [-0.05, 0) is 35.9 Å². The number of ether oxygens (including phenoxy) is 2. The van der Waals surface area contributed by atoms with E-state index in [1.165, 1.54) is 7.11 Å². The maximum atomic E-state index is 12.2. The number of methoxy groups -OCH3 is 1. The summed E-state index contributed by atoms with van der Waals surface area (Å²) in [6.45, 7) is -0.0749. The molecule has 0 saturated heterocycles. The van der Waals surface area contributed by atoms with Gasteiger partial charge in [0.2, 0.25) is 0 Å². The lowest BCUT2D eigenvalue weighted by molar-refractivity contribution is 0.329. The number of aromatic nitrogens is 2. The first-order chi connectivity index (χ1) is 12.6. The summed E-state index contributed by atoms with van der Waals surface area (Å²) in [7, 11) is 1.51. The van der Waals surface area contributed by atoms with Crippen LogP contribution in [-0.2, 0) is 0 Å². The molecular formula is C19H14ClN3O3. The number of halogens is 1. The highest BCUT2D eigenvalue weighted by Gasteiger charge is 2.09. The van der Waals surface area contributed by atoms with Gasteiger partial charge in [-0.25, -0.2) is 4.98 Å². The molecule has 0 saturated carbocycles. The van der Waals surface area contributed by atoms with Crippen LogP contribution in [0.15, 0.2) is 47.3 Å². The second-order valence-electron chi connectivity index (χ2n) is 5.28. The van der Waals surface area contributed by atoms with E-state index in [-0.39, 0.29) is 23.0 Å². The number of fused-ring (bicyclic) bond motifs is 1. The molecule has 3 rings (SSSR count). The van der Waals surface area contributed by atoms with Crippen molar-refractivity contribution in [3.63, 3.8) is 0 Å². The van der Waals surface area contributed by atoms with Gasteiger partial charge < -0.3 is 14.5 Å². The van der Waals surface area contributed by atoms with Crippen molar-refractivity contribution in [2.75, 3.05) is 13.7 Å². The smallest absolute Gasteiger partial charge is 0.259 e. The fourth-order valence-corrected chi connectivity index (χ4v) is 2.63. The minimum Gasteiger partial charge on any atom is -0.493 e. The molecule has 6 nitrogen and oxygen atoms in total. The molecule has 0 radical (unpaired) electrons. The van der Waals surface area contributed by atoms with Gasteiger partial charge in [0.1, 0.15) is 6.07 Å². The normalized spacial score (nSPS) is 11.2. The summed E-state index contributed by atoms with van der Waals surface area (Å²) in [4.78, 5) is 19.2. The van der Waals surface area contributed by atoms with E-state index in [4.69, 9.17) is 26.3 Å². The molecular weight excluding hydrogens is 354 g/mol. The highest BCUT2D eigenvalue weighted by Crippen LogP contribution is 2.30. The van der Waals surface area contributed by atoms with Crippen LogP contribution >= 0.6 is 11.6 Å². The lowest BCUT2D eigenvalue weighted by Crippen LogP contribution is -2.10. The molecule has 0 amide bonds. The third kappa shape index (κ3) is 3.68. The predicted molar refractivity (Wildman–Crippen MR) is 100 cm³/mol. The van der Waals surface area contributed by atoms with E-state index in [0.29, 0.717) is 22.4 Å². The van der Waals surface area contributed by atoms with Crippen molar-refractivity contribution < 1.29 is 9.47 Å². The maximum absolute atomic E-state index is 12.2. The fourth-order valence-electron chi connectivity index (χ4n) is 2.42. The second kappa shape index (κ2) is 7.72. The molecule has 3 aromatic rings. The highest BCUT2D eigenvalue weighted by atomic mass is 35.5. The van der Waals surface area contributed by atoms with Crippen molar-refractivity contribution >= 4 is 33.6 Å². The molecule has 2 aromatic carbocycles. The van der Waals surface area contributed by atoms with Crippen LogP contribution in [0.1, 0.15) is 11.4 Å². The molecule has 0 atom stereocenters. The van der Waals surface area contributed by atoms with Gasteiger partial charge in [-0.15, -0.1) is 0 Å². The molecule has 0 unspecified atom stereocenters. The number of nitrogens with one attached hydrogen (secondary N) is 1. The fraction of sp³-hybridized carbons (Fsp3) is 0.105. The van der Waals surface area contributed by atoms with Crippen molar-refractivity contribution in [2.24, 2.45) is 0 Å². The first-order valence-corrected chi connectivity index (χ1v) is 8.04. The van der Waals surface area contributed by atoms with E-state index in [2.05, 4.69) is 9.97 Å². The molecule has 0 fully saturated rings. The van der Waals surface area contributed by atoms with Gasteiger partial charge in [-0.2, -0.15) is 5.26 Å². The lowest BCUT2D eigenvalue weighted by Gasteiger charge is -2.09. The van der Waals surface area contributed by atoms with Gasteiger partial charge in [-0.3, -0.25) is 4.79 Å². The highest BCUT2D eigenvalue weighted by molar-refractivity contribution is 6.50. The first kappa shape index (κ1) is 17.5. The number of nitrogens with zero attached hydrogens (tertiary/aromatic N) is 2. The first-order valence-electron chi connectivity index (χ1n) is 7.67. The number of H-pyrrole nitrogens is 1. The van der Waals surface area contributed by atoms with Crippen molar-refractivity contribution in [2.45, 2.75) is 0 Å². The molecule has 1 heterocycles. The van der Waals surface area contributed by atoms with Crippen molar-refractivity contribution in [3.8, 4) is 17.6 Å². The third-order valence-electron chi connectivity index (χ3n) is 3.61. The number of hydrogen-bond acceptors (Lipinski definition) is 5. The Hall–Kier alpha value is -3.30. The predicted octanol–water partition coefficient (Wildman–Crippen LogP) is 3.57. The van der Waals surface area contributed by atoms with E-state index < -0.39 is 0 Å². The largest absolute Gasteiger partial charge is 0.493 e. The Bertz CT molecular complexity index is 1080. The average molecular weight is 368 g/mol. The van der Waals surface area contributed by atoms with Crippen LogP contribution in [0.4, 0.5) is 0 Å². The van der Waals surface area contributed by atoms with Crippen molar-refractivity contribution in [1.29, 1.82) is 5.26 Å². The Labute approximate surface area is 154 Å². The van der Waals surface area contributed by atoms with Gasteiger partial charge in [-0.1, -0.05) is 29.8 Å². The topological polar surface area (TPSA) is 88.0 Å². The Morgan fingerprint density at radius 2 is 2.12 bits per heavy atom. The van der Waals surface area contributed by atoms with Crippen LogP contribution in [-0.4, -0.2) is 23.7 Å². The number of para-hydroxylation sites is 1. The number of benzene rings is 2. The molecule has 7 heteroatoms. The molecule has 0 aliphatic carbocycles. The SMILES string of the molecule is COc1cc(/C=C(\Cl)c2nc3ccccc3c(=O)[nH]2)ccc1OCC#N. The van der Waals surface area contributed by atoms with Gasteiger partial charge in [0.25, 0.3) is 5.56 Å². The molecule has 26 heavy (non-hydrogen) atoms. The molecule has 130 valence electrons. The van der Waals surface area contributed by atoms with Crippen LogP contribution in [0.5, 0.6) is 11.5 Å². The standard InChI is InChI=1S/C19H14ClN3O3/c1-25-17-11-12(6-7-16(17)26-9-8-21)10-14(20)18-22-15-5-3-2-4-13(15)19(24)23-18/h2-7,10-11H,9H2,1H3,(H,22,23,24)/b14-10-. The number of rotatable bonds is 5. The second-order valence-corrected chi connectivity index (χ2v) is 5.69. The van der Waals surface area contributed by atoms with Crippen LogP contribution in [0.2, 0.25) is 0 Å². The zero-order chi connectivity index (χ0) is 18.5. The molecule has 1 N–H and O–H groups in total. The van der Waals surface area contributed by atoms with Crippen molar-refractivity contribution in [3.05, 3.63) is 64.2 Å². The summed E-state index contributed by atoms with van der Waals surface area (Å²) in [6, 6.07) is 14.1. The summed E-state index contributed by atoms with van der Waals surface area (Å²) >= 11 is 6.35. The molecule has 0 bridgehead atoms. The Kier molecular flexibility index (Phi) is 5.20. The number of nitriles is 1. The minimum atomic E-state index is -0.255. The molecule has 1 aromatic heterocycles. The lowest BCUT2D eigenvalue weighted by atomic mass is 10.2. The Balaban J connectivity index is 1.97. The van der Waals surface area contributed by atoms with E-state index in [1.807, 2.05) is 6.07 Å². The quantitative estimate of drug-likeness (QED) is 0.744. The van der Waals surface area contributed by atoms with Gasteiger partial charge in [0.15, 0.2) is 23.9 Å². The Morgan fingerprint density at radius 1 is 1.31 bits per heavy atom. The van der Waals surface area contributed by atoms with E-state index >= 15 is 0 Å². The zero-order valence-electron chi connectivity index (χ0n) is 13.8. The monoisotopic (exact) mass is 367 g/mol. The summed E-state index contributed by atoms with van der Waals surface area (Å²) in [5.41, 5.74) is 1.04. The zero-order valence-corrected chi connectivity index (χ0v) is 14.6. The summed E-state index contributed by atoms with van der Waals surface area (Å²) in [5, 5.41) is 9.39. The van der Waals surface area contributed by atoms with Gasteiger partial charge >= 0.3 is 0 Å². The average Bonchev–Trinajstić information content (AvgIpc) is 2.66. The third-order valence-corrected chi connectivity index (χ3v) is 3.90. The van der Waals surface area contributed by atoms with Crippen molar-refractivity contribution in [1.82, 2.24) is 9.97 Å². The van der Waals surface area contributed by atoms with E-state index in [1.54, 1.807) is 48.5 Å². The van der Waals surface area contributed by atoms with E-state index in [9.17, 15) is 4.79 Å². The summed E-state index contributed by atoms with van der Waals surface area (Å²) < 4.78 is 10.6. The van der Waals surface area contributed by atoms with Crippen LogP contribution in [0.3, 0.4) is 0 Å². The van der Waals surface area contributed by atoms with Gasteiger partial charge in [0.05, 0.1) is 23.0 Å². The van der Waals surface area contributed by atoms with Crippen LogP contribution in [0.25, 0.3) is 22.0 Å². The molecule has 0 aliphatic heterocycles.